The number of nitrogens with two attached hydrogens (primary N) is 1. The number of azide groups is 1. The summed E-state index contributed by atoms with van der Waals surface area (Å²) in [6.07, 6.45) is 0. The van der Waals surface area contributed by atoms with Crippen LogP contribution in [0, 0.1) is 24.0 Å². The van der Waals surface area contributed by atoms with E-state index in [1.165, 1.54) is 53.4 Å². The normalized spacial score (nSPS) is 11.4. The fourth-order valence-corrected chi connectivity index (χ4v) is 11.8. The molecule has 12 aromatic rings. The van der Waals surface area contributed by atoms with Gasteiger partial charge in [-0.1, -0.05) is 164 Å². The zero-order chi connectivity index (χ0) is 73.0. The van der Waals surface area contributed by atoms with E-state index in [2.05, 4.69) is 25.7 Å². The standard InChI is InChI=1S/C22H14N2O3.C15H7N3O4.C15H7NO6.C15H7NO4.C7H9N.2CH4.N3.Na/c1-12-6-2-5-9-17(12)23-22(26)16-11-10-15-18-19(16)24-27-21(18)14-8-4-3-7-13(14)20(15)25;16-18-17-12-10(15(21)22)6-5-9-11(12)14(20)8-4-2-1-3-7(8)13(9)19;17-13-7-3-1-2-4-8(7)14(18)11-9(13)5-6-10(15(19)20)12(11)16(21)22;17-13-7-3-1-2-4-8(7)14-11-9(13)5-6-10(15(18)19)12(11)16-20-14;1-6-4-2-3-5-7(6)8;;;1-3-2;/h2-11H,1H3,(H,23,26);1-6H,(H,21,22);1-6H,(H,19,20);1-6H,(H,18,19);2-5H,8H2,1H3;2*1H4;;/q;;;;;;;-1;+1. The Kier molecular flexibility index (Phi) is 23.4. The molecule has 0 unspecified atom stereocenters. The van der Waals surface area contributed by atoms with Crippen molar-refractivity contribution in [3.8, 4) is 22.6 Å². The molecular formula is C76H52N11NaO17. The molecule has 0 saturated carbocycles. The van der Waals surface area contributed by atoms with Crippen LogP contribution in [0.5, 0.6) is 0 Å². The SMILES string of the molecule is C.C.Cc1ccccc1N.Cc1ccccc1NC(=O)c1ccc2c3c(onc13)-c1ccccc1C2=O.O=C(O)c1ccc2c3c(onc13)-c1ccccc1C2=O.O=C1c2ccccc2C(=O)c2c1ccc(C(=O)O)c2[N+](=O)[O-].[N-]=[N+]=Nc1c(C(=O)O)ccc2c1C(=O)c1ccccc1C2=O.[N-]=[N+]=[N-].[Na+]. The first-order chi connectivity index (χ1) is 49.0. The monoisotopic (exact) mass is 1410 g/mol. The molecule has 29 heteroatoms. The van der Waals surface area contributed by atoms with Crippen molar-refractivity contribution in [3.05, 3.63) is 331 Å². The fraction of sp³-hybridized carbons (Fsp3) is 0.0526. The number of para-hydroxylation sites is 2. The predicted octanol–water partition coefficient (Wildman–Crippen LogP) is 13.2. The number of nitro groups is 1. The van der Waals surface area contributed by atoms with Crippen molar-refractivity contribution < 1.29 is 107 Å². The van der Waals surface area contributed by atoms with E-state index in [0.717, 1.165) is 40.7 Å². The van der Waals surface area contributed by atoms with Crippen molar-refractivity contribution in [3.63, 3.8) is 0 Å². The van der Waals surface area contributed by atoms with E-state index in [0.29, 0.717) is 66.8 Å². The third kappa shape index (κ3) is 14.2. The number of carboxylic acids is 3. The number of benzene rings is 10. The molecule has 6 N–H and O–H groups in total. The summed E-state index contributed by atoms with van der Waals surface area (Å²) in [6, 6.07) is 52.6. The Hall–Kier alpha value is -14.1. The molecular weight excluding hydrogens is 1360 g/mol. The molecule has 1 amide bonds. The number of aromatic nitrogens is 2. The van der Waals surface area contributed by atoms with E-state index in [-0.39, 0.29) is 123 Å². The van der Waals surface area contributed by atoms with E-state index in [1.807, 2.05) is 80.6 Å². The second-order valence-corrected chi connectivity index (χ2v) is 22.3. The first-order valence-corrected chi connectivity index (χ1v) is 29.9. The number of carbonyl (C=O) groups is 10. The number of hydrogen-bond donors (Lipinski definition) is 5. The minimum Gasteiger partial charge on any atom is -0.478 e. The molecule has 10 aromatic carbocycles. The third-order valence-electron chi connectivity index (χ3n) is 16.6. The molecule has 0 saturated heterocycles. The molecule has 0 aliphatic heterocycles. The average Bonchev–Trinajstić information content (AvgIpc) is 1.43. The Morgan fingerprint density at radius 1 is 0.457 bits per heavy atom. The van der Waals surface area contributed by atoms with Crippen molar-refractivity contribution in [2.24, 2.45) is 5.11 Å². The molecule has 4 aliphatic rings. The Labute approximate surface area is 614 Å². The quantitative estimate of drug-likeness (QED) is 0.0188. The number of nitrogen functional groups attached to an aromatic ring is 1. The number of fused-ring (bicyclic) bond motifs is 8. The Morgan fingerprint density at radius 2 is 0.800 bits per heavy atom. The van der Waals surface area contributed by atoms with Crippen LogP contribution in [0.2, 0.25) is 0 Å². The molecule has 2 aromatic heterocycles. The number of amides is 1. The predicted molar refractivity (Wildman–Crippen MR) is 380 cm³/mol. The number of carboxylic acid groups (broad SMARTS) is 3. The van der Waals surface area contributed by atoms with Crippen LogP contribution in [-0.2, 0) is 0 Å². The summed E-state index contributed by atoms with van der Waals surface area (Å²) in [6.45, 7) is 3.92. The molecule has 0 bridgehead atoms. The van der Waals surface area contributed by atoms with Crippen LogP contribution in [0.15, 0.2) is 208 Å². The second kappa shape index (κ2) is 32.0. The number of nitrogens with one attached hydrogen (secondary N) is 1. The maximum Gasteiger partial charge on any atom is 1.00 e. The van der Waals surface area contributed by atoms with Crippen LogP contribution in [-0.4, -0.2) is 89.1 Å². The molecule has 0 spiro atoms. The van der Waals surface area contributed by atoms with Gasteiger partial charge in [-0.3, -0.25) is 48.6 Å². The second-order valence-electron chi connectivity index (χ2n) is 22.3. The summed E-state index contributed by atoms with van der Waals surface area (Å²) >= 11 is 0. The fourth-order valence-electron chi connectivity index (χ4n) is 11.8. The summed E-state index contributed by atoms with van der Waals surface area (Å²) in [5.74, 6) is -5.70. The van der Waals surface area contributed by atoms with Crippen molar-refractivity contribution in [2.75, 3.05) is 11.1 Å². The third-order valence-corrected chi connectivity index (χ3v) is 16.6. The molecule has 105 heavy (non-hydrogen) atoms. The Balaban J connectivity index is 0.000000168. The van der Waals surface area contributed by atoms with Gasteiger partial charge in [0.25, 0.3) is 11.6 Å². The minimum atomic E-state index is -1.53. The number of anilines is 2. The van der Waals surface area contributed by atoms with Gasteiger partial charge in [0, 0.05) is 88.6 Å². The molecule has 4 aliphatic carbocycles. The van der Waals surface area contributed by atoms with Gasteiger partial charge in [0.05, 0.1) is 38.1 Å². The largest absolute Gasteiger partial charge is 1.00 e. The molecule has 0 atom stereocenters. The smallest absolute Gasteiger partial charge is 0.478 e. The van der Waals surface area contributed by atoms with Crippen LogP contribution < -0.4 is 40.6 Å². The topological polar surface area (TPSA) is 472 Å². The maximum atomic E-state index is 12.9. The number of nitro benzene ring substituents is 1. The van der Waals surface area contributed by atoms with Gasteiger partial charge in [0.15, 0.2) is 40.4 Å². The van der Waals surface area contributed by atoms with Gasteiger partial charge < -0.3 is 46.5 Å². The van der Waals surface area contributed by atoms with Crippen LogP contribution >= 0.6 is 0 Å². The van der Waals surface area contributed by atoms with E-state index < -0.39 is 62.8 Å². The molecule has 28 nitrogen and oxygen atoms in total. The van der Waals surface area contributed by atoms with Gasteiger partial charge in [-0.05, 0) is 91.2 Å². The van der Waals surface area contributed by atoms with Gasteiger partial charge in [-0.25, -0.2) is 14.4 Å². The number of aryl methyl sites for hydroxylation is 2. The molecule has 514 valence electrons. The van der Waals surface area contributed by atoms with Crippen molar-refractivity contribution in [1.29, 1.82) is 0 Å². The number of carbonyl (C=O) groups excluding carboxylic acids is 7. The van der Waals surface area contributed by atoms with Gasteiger partial charge in [-0.2, -0.15) is 0 Å². The number of rotatable bonds is 7. The summed E-state index contributed by atoms with van der Waals surface area (Å²) in [5, 5.41) is 53.9. The Bertz CT molecular complexity index is 5630. The van der Waals surface area contributed by atoms with E-state index in [9.17, 15) is 58.1 Å². The van der Waals surface area contributed by atoms with Crippen LogP contribution in [0.4, 0.5) is 22.7 Å². The summed E-state index contributed by atoms with van der Waals surface area (Å²) in [4.78, 5) is 136. The zero-order valence-corrected chi connectivity index (χ0v) is 55.6. The van der Waals surface area contributed by atoms with Crippen LogP contribution in [0.3, 0.4) is 0 Å². The molecule has 0 fully saturated rings. The maximum absolute atomic E-state index is 12.9. The van der Waals surface area contributed by atoms with Crippen molar-refractivity contribution in [2.45, 2.75) is 28.7 Å². The number of nitrogens with zero attached hydrogens (tertiary/aromatic N) is 9. The van der Waals surface area contributed by atoms with Gasteiger partial charge in [0.2, 0.25) is 5.78 Å². The summed E-state index contributed by atoms with van der Waals surface area (Å²) in [7, 11) is 0. The first-order valence-electron chi connectivity index (χ1n) is 29.9. The van der Waals surface area contributed by atoms with Gasteiger partial charge >= 0.3 is 47.5 Å². The van der Waals surface area contributed by atoms with E-state index in [1.54, 1.807) is 60.7 Å². The number of ketones is 6. The van der Waals surface area contributed by atoms with Gasteiger partial charge in [0.1, 0.15) is 22.2 Å². The average molecular weight is 1410 g/mol. The van der Waals surface area contributed by atoms with Crippen molar-refractivity contribution in [1.82, 2.24) is 10.3 Å². The van der Waals surface area contributed by atoms with Crippen LogP contribution in [0.1, 0.15) is 163 Å². The number of hydrogen-bond acceptors (Lipinski definition) is 18. The molecule has 16 rings (SSSR count). The molecule has 0 radical (unpaired) electrons. The Morgan fingerprint density at radius 3 is 1.22 bits per heavy atom. The van der Waals surface area contributed by atoms with Gasteiger partial charge in [-0.15, -0.1) is 0 Å². The van der Waals surface area contributed by atoms with E-state index in [4.69, 9.17) is 46.7 Å². The van der Waals surface area contributed by atoms with Crippen LogP contribution in [0.25, 0.3) is 70.9 Å². The van der Waals surface area contributed by atoms with Crippen molar-refractivity contribution >= 4 is 103 Å². The summed E-state index contributed by atoms with van der Waals surface area (Å²) < 4.78 is 10.9. The molecule has 2 heterocycles. The zero-order valence-electron chi connectivity index (χ0n) is 53.6. The summed E-state index contributed by atoms with van der Waals surface area (Å²) in [5.41, 5.74) is 33.5. The first kappa shape index (κ1) is 76.6. The van der Waals surface area contributed by atoms with E-state index >= 15 is 0 Å². The minimum absolute atomic E-state index is 0. The number of aromatic carboxylic acids is 3.